The minimum absolute atomic E-state index is 0. The van der Waals surface area contributed by atoms with Crippen LogP contribution in [0.15, 0.2) is 12.1 Å². The van der Waals surface area contributed by atoms with E-state index in [0.717, 1.165) is 0 Å². The maximum absolute atomic E-state index is 9.25. The highest BCUT2D eigenvalue weighted by Gasteiger charge is 2.05. The second kappa shape index (κ2) is 4.77. The summed E-state index contributed by atoms with van der Waals surface area (Å²) in [5.41, 5.74) is 5.87. The number of halogens is 3. The quantitative estimate of drug-likeness (QED) is 0.776. The molecule has 68 valence electrons. The lowest BCUT2D eigenvalue weighted by atomic mass is 10.2. The second-order valence-corrected chi connectivity index (χ2v) is 2.94. The van der Waals surface area contributed by atoms with Crippen molar-refractivity contribution < 1.29 is 5.11 Å². The van der Waals surface area contributed by atoms with Crippen LogP contribution in [-0.2, 0) is 6.54 Å². The van der Waals surface area contributed by atoms with E-state index < -0.39 is 0 Å². The first kappa shape index (κ1) is 11.8. The van der Waals surface area contributed by atoms with E-state index in [1.807, 2.05) is 0 Å². The maximum atomic E-state index is 9.25. The van der Waals surface area contributed by atoms with Gasteiger partial charge in [-0.2, -0.15) is 0 Å². The Balaban J connectivity index is 0.00000121. The molecular formula is C7H8Cl3NO. The molecule has 1 rings (SSSR count). The standard InChI is InChI=1S/C7H7Cl2NO.ClH/c8-5-1-4(3-10)7(11)6(9)2-5;/h1-2,11H,3,10H2;1H. The Kier molecular flexibility index (Phi) is 4.71. The molecule has 0 unspecified atom stereocenters. The molecule has 0 aromatic heterocycles. The van der Waals surface area contributed by atoms with Crippen molar-refractivity contribution in [3.05, 3.63) is 27.7 Å². The van der Waals surface area contributed by atoms with E-state index in [4.69, 9.17) is 28.9 Å². The van der Waals surface area contributed by atoms with Gasteiger partial charge in [0.2, 0.25) is 0 Å². The smallest absolute Gasteiger partial charge is 0.138 e. The molecule has 1 aromatic rings. The van der Waals surface area contributed by atoms with E-state index in [9.17, 15) is 5.11 Å². The summed E-state index contributed by atoms with van der Waals surface area (Å²) in [5.74, 6) is 0.0126. The summed E-state index contributed by atoms with van der Waals surface area (Å²) < 4.78 is 0. The summed E-state index contributed by atoms with van der Waals surface area (Å²) in [6, 6.07) is 3.06. The number of hydrogen-bond donors (Lipinski definition) is 2. The van der Waals surface area contributed by atoms with Gasteiger partial charge in [-0.05, 0) is 12.1 Å². The summed E-state index contributed by atoms with van der Waals surface area (Å²) in [4.78, 5) is 0. The largest absolute Gasteiger partial charge is 0.506 e. The Hall–Kier alpha value is -0.150. The van der Waals surface area contributed by atoms with Crippen molar-refractivity contribution in [3.63, 3.8) is 0 Å². The number of nitrogens with two attached hydrogens (primary N) is 1. The van der Waals surface area contributed by atoms with Gasteiger partial charge in [0.1, 0.15) is 5.75 Å². The van der Waals surface area contributed by atoms with Gasteiger partial charge in [0.05, 0.1) is 5.02 Å². The van der Waals surface area contributed by atoms with Crippen LogP contribution in [0.25, 0.3) is 0 Å². The van der Waals surface area contributed by atoms with Gasteiger partial charge >= 0.3 is 0 Å². The predicted octanol–water partition coefficient (Wildman–Crippen LogP) is 2.58. The first-order valence-corrected chi connectivity index (χ1v) is 3.77. The van der Waals surface area contributed by atoms with E-state index in [0.29, 0.717) is 10.6 Å². The number of phenols is 1. The van der Waals surface area contributed by atoms with Crippen LogP contribution in [0.4, 0.5) is 0 Å². The highest BCUT2D eigenvalue weighted by Crippen LogP contribution is 2.30. The molecule has 0 heterocycles. The average Bonchev–Trinajstić information content (AvgIpc) is 1.96. The molecule has 0 fully saturated rings. The SMILES string of the molecule is Cl.NCc1cc(Cl)cc(Cl)c1O. The van der Waals surface area contributed by atoms with Crippen LogP contribution in [0.3, 0.4) is 0 Å². The number of benzene rings is 1. The summed E-state index contributed by atoms with van der Waals surface area (Å²) in [6.07, 6.45) is 0. The zero-order valence-corrected chi connectivity index (χ0v) is 8.38. The number of aromatic hydroxyl groups is 1. The predicted molar refractivity (Wildman–Crippen MR) is 53.3 cm³/mol. The Morgan fingerprint density at radius 1 is 1.33 bits per heavy atom. The molecule has 0 aliphatic carbocycles. The lowest BCUT2D eigenvalue weighted by Crippen LogP contribution is -1.96. The van der Waals surface area contributed by atoms with Crippen molar-refractivity contribution in [1.82, 2.24) is 0 Å². The highest BCUT2D eigenvalue weighted by atomic mass is 35.5. The third kappa shape index (κ3) is 2.42. The van der Waals surface area contributed by atoms with Gasteiger partial charge in [0.25, 0.3) is 0 Å². The van der Waals surface area contributed by atoms with Gasteiger partial charge in [-0.25, -0.2) is 0 Å². The van der Waals surface area contributed by atoms with Crippen LogP contribution in [-0.4, -0.2) is 5.11 Å². The molecule has 0 aliphatic heterocycles. The molecule has 3 N–H and O–H groups in total. The zero-order valence-electron chi connectivity index (χ0n) is 6.05. The molecule has 0 saturated heterocycles. The van der Waals surface area contributed by atoms with Crippen LogP contribution in [0, 0.1) is 0 Å². The van der Waals surface area contributed by atoms with Gasteiger partial charge in [-0.15, -0.1) is 12.4 Å². The van der Waals surface area contributed by atoms with Gasteiger partial charge in [-0.3, -0.25) is 0 Å². The topological polar surface area (TPSA) is 46.2 Å². The van der Waals surface area contributed by atoms with Gasteiger partial charge < -0.3 is 10.8 Å². The molecule has 5 heteroatoms. The van der Waals surface area contributed by atoms with Crippen LogP contribution >= 0.6 is 35.6 Å². The van der Waals surface area contributed by atoms with Gasteiger partial charge in [0.15, 0.2) is 0 Å². The van der Waals surface area contributed by atoms with Gasteiger partial charge in [0, 0.05) is 17.1 Å². The van der Waals surface area contributed by atoms with Crippen molar-refractivity contribution in [2.24, 2.45) is 5.73 Å². The lowest BCUT2D eigenvalue weighted by molar-refractivity contribution is 0.468. The van der Waals surface area contributed by atoms with Gasteiger partial charge in [-0.1, -0.05) is 23.2 Å². The van der Waals surface area contributed by atoms with Crippen molar-refractivity contribution in [2.75, 3.05) is 0 Å². The molecule has 0 aliphatic rings. The fraction of sp³-hybridized carbons (Fsp3) is 0.143. The molecule has 12 heavy (non-hydrogen) atoms. The molecule has 0 atom stereocenters. The molecule has 0 spiro atoms. The minimum atomic E-state index is 0. The summed E-state index contributed by atoms with van der Waals surface area (Å²) in [7, 11) is 0. The highest BCUT2D eigenvalue weighted by molar-refractivity contribution is 6.35. The summed E-state index contributed by atoms with van der Waals surface area (Å²) >= 11 is 11.3. The fourth-order valence-corrected chi connectivity index (χ4v) is 1.31. The van der Waals surface area contributed by atoms with Crippen molar-refractivity contribution in [2.45, 2.75) is 6.54 Å². The summed E-state index contributed by atoms with van der Waals surface area (Å²) in [6.45, 7) is 0.228. The van der Waals surface area contributed by atoms with E-state index >= 15 is 0 Å². The molecule has 0 saturated carbocycles. The normalized spacial score (nSPS) is 9.25. The first-order valence-electron chi connectivity index (χ1n) is 3.02. The molecular weight excluding hydrogens is 220 g/mol. The number of phenolic OH excluding ortho intramolecular Hbond substituents is 1. The lowest BCUT2D eigenvalue weighted by Gasteiger charge is -2.03. The zero-order chi connectivity index (χ0) is 8.43. The van der Waals surface area contributed by atoms with E-state index in [1.54, 1.807) is 6.07 Å². The van der Waals surface area contributed by atoms with E-state index in [2.05, 4.69) is 0 Å². The minimum Gasteiger partial charge on any atom is -0.506 e. The molecule has 0 bridgehead atoms. The second-order valence-electron chi connectivity index (χ2n) is 2.10. The Morgan fingerprint density at radius 3 is 2.42 bits per heavy atom. The van der Waals surface area contributed by atoms with Crippen molar-refractivity contribution in [1.29, 1.82) is 0 Å². The average molecular weight is 229 g/mol. The first-order chi connectivity index (χ1) is 5.15. The molecule has 2 nitrogen and oxygen atoms in total. The molecule has 0 amide bonds. The Bertz CT molecular complexity index is 278. The Morgan fingerprint density at radius 2 is 1.92 bits per heavy atom. The molecule has 0 radical (unpaired) electrons. The van der Waals surface area contributed by atoms with Crippen LogP contribution < -0.4 is 5.73 Å². The number of rotatable bonds is 1. The van der Waals surface area contributed by atoms with Crippen LogP contribution in [0.5, 0.6) is 5.75 Å². The monoisotopic (exact) mass is 227 g/mol. The van der Waals surface area contributed by atoms with E-state index in [-0.39, 0.29) is 29.7 Å². The third-order valence-electron chi connectivity index (χ3n) is 1.33. The van der Waals surface area contributed by atoms with Crippen LogP contribution in [0.2, 0.25) is 10.0 Å². The van der Waals surface area contributed by atoms with Crippen molar-refractivity contribution >= 4 is 35.6 Å². The number of hydrogen-bond acceptors (Lipinski definition) is 2. The van der Waals surface area contributed by atoms with Crippen molar-refractivity contribution in [3.8, 4) is 5.75 Å². The third-order valence-corrected chi connectivity index (χ3v) is 1.83. The fourth-order valence-electron chi connectivity index (χ4n) is 0.775. The summed E-state index contributed by atoms with van der Waals surface area (Å²) in [5, 5.41) is 9.97. The van der Waals surface area contributed by atoms with E-state index in [1.165, 1.54) is 6.07 Å². The maximum Gasteiger partial charge on any atom is 0.138 e. The Labute approximate surface area is 86.7 Å². The molecule has 1 aromatic carbocycles. The van der Waals surface area contributed by atoms with Crippen LogP contribution in [0.1, 0.15) is 5.56 Å².